The third kappa shape index (κ3) is 3.96. The van der Waals surface area contributed by atoms with Gasteiger partial charge in [0.2, 0.25) is 0 Å². The predicted octanol–water partition coefficient (Wildman–Crippen LogP) is 2.14. The average Bonchev–Trinajstić information content (AvgIpc) is 2.81. The molecule has 0 aliphatic carbocycles. The van der Waals surface area contributed by atoms with Crippen molar-refractivity contribution < 1.29 is 4.74 Å². The van der Waals surface area contributed by atoms with E-state index >= 15 is 0 Å². The van der Waals surface area contributed by atoms with Gasteiger partial charge in [-0.2, -0.15) is 0 Å². The monoisotopic (exact) mass is 254 g/mol. The number of halogens is 1. The SMILES string of the molecule is NNC(Cc1cccc(Cl)c1)CC1CCOC1. The van der Waals surface area contributed by atoms with Gasteiger partial charge in [-0.25, -0.2) is 0 Å². The van der Waals surface area contributed by atoms with E-state index in [1.807, 2.05) is 18.2 Å². The number of nitrogens with two attached hydrogens (primary N) is 1. The molecule has 1 heterocycles. The first-order valence-electron chi connectivity index (χ1n) is 6.06. The van der Waals surface area contributed by atoms with E-state index in [0.717, 1.165) is 37.5 Å². The van der Waals surface area contributed by atoms with E-state index in [4.69, 9.17) is 22.2 Å². The zero-order valence-electron chi connectivity index (χ0n) is 9.86. The van der Waals surface area contributed by atoms with Crippen LogP contribution in [0.1, 0.15) is 18.4 Å². The molecule has 0 radical (unpaired) electrons. The fourth-order valence-electron chi connectivity index (χ4n) is 2.33. The summed E-state index contributed by atoms with van der Waals surface area (Å²) < 4.78 is 5.38. The molecule has 2 rings (SSSR count). The molecule has 3 N–H and O–H groups in total. The Morgan fingerprint density at radius 3 is 3.06 bits per heavy atom. The number of ether oxygens (including phenoxy) is 1. The molecule has 3 nitrogen and oxygen atoms in total. The molecule has 0 bridgehead atoms. The van der Waals surface area contributed by atoms with E-state index in [1.165, 1.54) is 5.56 Å². The van der Waals surface area contributed by atoms with Crippen LogP contribution in [0.15, 0.2) is 24.3 Å². The summed E-state index contributed by atoms with van der Waals surface area (Å²) in [4.78, 5) is 0. The second-order valence-electron chi connectivity index (χ2n) is 4.66. The van der Waals surface area contributed by atoms with Gasteiger partial charge in [-0.05, 0) is 42.9 Å². The molecule has 1 aliphatic rings. The number of hydrazine groups is 1. The lowest BCUT2D eigenvalue weighted by Gasteiger charge is -2.19. The highest BCUT2D eigenvalue weighted by Crippen LogP contribution is 2.20. The van der Waals surface area contributed by atoms with Crippen LogP contribution in [0.4, 0.5) is 0 Å². The van der Waals surface area contributed by atoms with Crippen LogP contribution in [-0.2, 0) is 11.2 Å². The Bertz CT molecular complexity index is 353. The molecule has 0 amide bonds. The van der Waals surface area contributed by atoms with Crippen molar-refractivity contribution in [1.82, 2.24) is 5.43 Å². The van der Waals surface area contributed by atoms with Gasteiger partial charge in [-0.3, -0.25) is 11.3 Å². The van der Waals surface area contributed by atoms with Crippen molar-refractivity contribution in [2.75, 3.05) is 13.2 Å². The van der Waals surface area contributed by atoms with Gasteiger partial charge in [-0.1, -0.05) is 23.7 Å². The summed E-state index contributed by atoms with van der Waals surface area (Å²) >= 11 is 5.97. The van der Waals surface area contributed by atoms with Gasteiger partial charge >= 0.3 is 0 Å². The average molecular weight is 255 g/mol. The summed E-state index contributed by atoms with van der Waals surface area (Å²) in [5.41, 5.74) is 4.12. The van der Waals surface area contributed by atoms with Crippen molar-refractivity contribution in [3.05, 3.63) is 34.9 Å². The third-order valence-corrected chi connectivity index (χ3v) is 3.48. The number of hydrogen-bond acceptors (Lipinski definition) is 3. The Balaban J connectivity index is 1.90. The molecular formula is C13H19ClN2O. The van der Waals surface area contributed by atoms with Crippen molar-refractivity contribution in [2.45, 2.75) is 25.3 Å². The molecule has 1 aromatic rings. The van der Waals surface area contributed by atoms with E-state index in [2.05, 4.69) is 11.5 Å². The predicted molar refractivity (Wildman–Crippen MR) is 69.8 cm³/mol. The third-order valence-electron chi connectivity index (χ3n) is 3.25. The van der Waals surface area contributed by atoms with E-state index in [0.29, 0.717) is 12.0 Å². The van der Waals surface area contributed by atoms with Crippen molar-refractivity contribution in [3.63, 3.8) is 0 Å². The first kappa shape index (κ1) is 12.8. The number of hydrogen-bond donors (Lipinski definition) is 2. The Morgan fingerprint density at radius 2 is 2.41 bits per heavy atom. The van der Waals surface area contributed by atoms with E-state index in [1.54, 1.807) is 0 Å². The summed E-state index contributed by atoms with van der Waals surface area (Å²) in [6.07, 6.45) is 3.12. The summed E-state index contributed by atoms with van der Waals surface area (Å²) in [5, 5.41) is 0.780. The van der Waals surface area contributed by atoms with Gasteiger partial charge in [0.1, 0.15) is 0 Å². The Hall–Kier alpha value is -0.610. The number of nitrogens with one attached hydrogen (secondary N) is 1. The zero-order valence-corrected chi connectivity index (χ0v) is 10.6. The lowest BCUT2D eigenvalue weighted by Crippen LogP contribution is -2.38. The molecule has 2 atom stereocenters. The minimum atomic E-state index is 0.292. The van der Waals surface area contributed by atoms with E-state index in [9.17, 15) is 0 Å². The maximum atomic E-state index is 5.97. The molecule has 1 fully saturated rings. The lowest BCUT2D eigenvalue weighted by molar-refractivity contribution is 0.181. The summed E-state index contributed by atoms with van der Waals surface area (Å²) in [7, 11) is 0. The quantitative estimate of drug-likeness (QED) is 0.625. The first-order chi connectivity index (χ1) is 8.28. The molecule has 94 valence electrons. The topological polar surface area (TPSA) is 47.3 Å². The van der Waals surface area contributed by atoms with Gasteiger partial charge in [0.25, 0.3) is 0 Å². The highest BCUT2D eigenvalue weighted by Gasteiger charge is 2.20. The van der Waals surface area contributed by atoms with Gasteiger partial charge < -0.3 is 4.74 Å². The van der Waals surface area contributed by atoms with Crippen LogP contribution in [0.25, 0.3) is 0 Å². The summed E-state index contributed by atoms with van der Waals surface area (Å²) in [6, 6.07) is 8.24. The van der Waals surface area contributed by atoms with Crippen LogP contribution in [0.3, 0.4) is 0 Å². The fraction of sp³-hybridized carbons (Fsp3) is 0.538. The van der Waals surface area contributed by atoms with Crippen molar-refractivity contribution >= 4 is 11.6 Å². The second kappa shape index (κ2) is 6.36. The highest BCUT2D eigenvalue weighted by atomic mass is 35.5. The Morgan fingerprint density at radius 1 is 1.53 bits per heavy atom. The van der Waals surface area contributed by atoms with Gasteiger partial charge in [-0.15, -0.1) is 0 Å². The molecule has 1 saturated heterocycles. The molecule has 0 spiro atoms. The lowest BCUT2D eigenvalue weighted by atomic mass is 9.95. The Labute approximate surface area is 107 Å². The van der Waals surface area contributed by atoms with Crippen LogP contribution < -0.4 is 11.3 Å². The highest BCUT2D eigenvalue weighted by molar-refractivity contribution is 6.30. The minimum Gasteiger partial charge on any atom is -0.381 e. The second-order valence-corrected chi connectivity index (χ2v) is 5.10. The van der Waals surface area contributed by atoms with Crippen LogP contribution in [0.5, 0.6) is 0 Å². The molecule has 0 aromatic heterocycles. The van der Waals surface area contributed by atoms with Crippen LogP contribution in [0, 0.1) is 5.92 Å². The van der Waals surface area contributed by atoms with Crippen molar-refractivity contribution in [2.24, 2.45) is 11.8 Å². The maximum Gasteiger partial charge on any atom is 0.0495 e. The fourth-order valence-corrected chi connectivity index (χ4v) is 2.54. The largest absolute Gasteiger partial charge is 0.381 e. The minimum absolute atomic E-state index is 0.292. The standard InChI is InChI=1S/C13H19ClN2O/c14-12-3-1-2-10(6-12)7-13(16-15)8-11-4-5-17-9-11/h1-3,6,11,13,16H,4-5,7-9,15H2. The molecule has 2 unspecified atom stereocenters. The van der Waals surface area contributed by atoms with Gasteiger partial charge in [0.15, 0.2) is 0 Å². The first-order valence-corrected chi connectivity index (χ1v) is 6.44. The van der Waals surface area contributed by atoms with Crippen LogP contribution >= 0.6 is 11.6 Å². The number of benzene rings is 1. The van der Waals surface area contributed by atoms with Crippen molar-refractivity contribution in [3.8, 4) is 0 Å². The summed E-state index contributed by atoms with van der Waals surface area (Å²) in [5.74, 6) is 6.25. The van der Waals surface area contributed by atoms with Crippen molar-refractivity contribution in [1.29, 1.82) is 0 Å². The smallest absolute Gasteiger partial charge is 0.0495 e. The van der Waals surface area contributed by atoms with Gasteiger partial charge in [0.05, 0.1) is 0 Å². The summed E-state index contributed by atoms with van der Waals surface area (Å²) in [6.45, 7) is 1.76. The van der Waals surface area contributed by atoms with Crippen LogP contribution in [0.2, 0.25) is 5.02 Å². The Kier molecular flexibility index (Phi) is 4.80. The van der Waals surface area contributed by atoms with Gasteiger partial charge in [0, 0.05) is 24.3 Å². The molecule has 4 heteroatoms. The normalized spacial score (nSPS) is 21.6. The zero-order chi connectivity index (χ0) is 12.1. The molecule has 1 aliphatic heterocycles. The molecule has 17 heavy (non-hydrogen) atoms. The molecular weight excluding hydrogens is 236 g/mol. The van der Waals surface area contributed by atoms with E-state index in [-0.39, 0.29) is 0 Å². The number of rotatable bonds is 5. The molecule has 0 saturated carbocycles. The van der Waals surface area contributed by atoms with Crippen LogP contribution in [-0.4, -0.2) is 19.3 Å². The maximum absolute atomic E-state index is 5.97. The van der Waals surface area contributed by atoms with E-state index < -0.39 is 0 Å². The molecule has 1 aromatic carbocycles.